The number of amides is 1. The van der Waals surface area contributed by atoms with E-state index >= 15 is 0 Å². The number of ether oxygens (including phenoxy) is 2. The Balaban J connectivity index is 1.66. The van der Waals surface area contributed by atoms with E-state index in [4.69, 9.17) is 15.9 Å². The molecule has 136 valence electrons. The van der Waals surface area contributed by atoms with E-state index in [0.717, 1.165) is 38.8 Å². The summed E-state index contributed by atoms with van der Waals surface area (Å²) in [5.41, 5.74) is -0.440. The van der Waals surface area contributed by atoms with Gasteiger partial charge in [0, 0.05) is 25.2 Å². The van der Waals surface area contributed by atoms with Gasteiger partial charge in [-0.3, -0.25) is 0 Å². The minimum atomic E-state index is -0.440. The average Bonchev–Trinajstić information content (AvgIpc) is 2.52. The summed E-state index contributed by atoms with van der Waals surface area (Å²) in [7, 11) is 0. The highest BCUT2D eigenvalue weighted by Crippen LogP contribution is 2.27. The first kappa shape index (κ1) is 19.1. The van der Waals surface area contributed by atoms with Crippen molar-refractivity contribution < 1.29 is 14.3 Å². The number of hydrogen-bond donors (Lipinski definition) is 1. The fraction of sp³-hybridized carbons (Fsp3) is 0.842. The molecule has 0 aromatic carbocycles. The molecule has 2 fully saturated rings. The largest absolute Gasteiger partial charge is 0.444 e. The van der Waals surface area contributed by atoms with Crippen molar-refractivity contribution >= 4 is 6.09 Å². The second kappa shape index (κ2) is 8.73. The lowest BCUT2D eigenvalue weighted by molar-refractivity contribution is 0.0161. The van der Waals surface area contributed by atoms with Crippen LogP contribution in [0.3, 0.4) is 0 Å². The summed E-state index contributed by atoms with van der Waals surface area (Å²) in [5.74, 6) is 2.55. The highest BCUT2D eigenvalue weighted by atomic mass is 16.6. The predicted octanol–water partition coefficient (Wildman–Crippen LogP) is 2.94. The van der Waals surface area contributed by atoms with E-state index in [2.05, 4.69) is 16.1 Å². The molecular formula is C19H32N2O3. The predicted molar refractivity (Wildman–Crippen MR) is 94.8 cm³/mol. The molecule has 1 aliphatic carbocycles. The molecule has 1 heterocycles. The van der Waals surface area contributed by atoms with Crippen molar-refractivity contribution in [2.75, 3.05) is 19.7 Å². The summed E-state index contributed by atoms with van der Waals surface area (Å²) >= 11 is 0. The van der Waals surface area contributed by atoms with Gasteiger partial charge in [0.05, 0.1) is 6.10 Å². The third kappa shape index (κ3) is 6.33. The molecule has 1 saturated heterocycles. The monoisotopic (exact) mass is 336 g/mol. The van der Waals surface area contributed by atoms with Crippen molar-refractivity contribution in [3.63, 3.8) is 0 Å². The molecule has 24 heavy (non-hydrogen) atoms. The molecule has 0 aromatic rings. The van der Waals surface area contributed by atoms with Crippen LogP contribution in [0.15, 0.2) is 0 Å². The first-order valence-corrected chi connectivity index (χ1v) is 9.16. The smallest absolute Gasteiger partial charge is 0.407 e. The summed E-state index contributed by atoms with van der Waals surface area (Å²) in [6.45, 7) is 8.18. The molecule has 0 spiro atoms. The molecule has 0 aromatic heterocycles. The Bertz CT molecular complexity index is 437. The van der Waals surface area contributed by atoms with Crippen LogP contribution in [0.4, 0.5) is 4.79 Å². The molecule has 0 bridgehead atoms. The Morgan fingerprint density at radius 2 is 1.79 bits per heavy atom. The van der Waals surface area contributed by atoms with Crippen LogP contribution >= 0.6 is 0 Å². The number of carbonyl (C=O) groups excluding carboxylic acids is 1. The lowest BCUT2D eigenvalue weighted by atomic mass is 9.90. The molecule has 1 saturated carbocycles. The standard InChI is InChI=1S/C19H32N2O3/c1-5-14-23-17-8-6-16(7-9-17)21-12-10-15(11-13-21)20-18(22)24-19(2,3)4/h1,15-17H,6-14H2,2-4H3,(H,20,22). The zero-order valence-corrected chi connectivity index (χ0v) is 15.3. The van der Waals surface area contributed by atoms with Crippen molar-refractivity contribution in [2.45, 2.75) is 83.1 Å². The van der Waals surface area contributed by atoms with Crippen LogP contribution in [-0.2, 0) is 9.47 Å². The summed E-state index contributed by atoms with van der Waals surface area (Å²) in [4.78, 5) is 14.4. The molecular weight excluding hydrogens is 304 g/mol. The van der Waals surface area contributed by atoms with Crippen molar-refractivity contribution in [1.82, 2.24) is 10.2 Å². The fourth-order valence-corrected chi connectivity index (χ4v) is 3.63. The molecule has 1 N–H and O–H groups in total. The number of carbonyl (C=O) groups is 1. The van der Waals surface area contributed by atoms with E-state index in [1.165, 1.54) is 12.8 Å². The van der Waals surface area contributed by atoms with E-state index in [1.54, 1.807) is 0 Å². The number of rotatable bonds is 4. The Labute approximate surface area is 146 Å². The molecule has 5 heteroatoms. The van der Waals surface area contributed by atoms with Crippen LogP contribution < -0.4 is 5.32 Å². The first-order chi connectivity index (χ1) is 11.4. The molecule has 0 radical (unpaired) electrons. The second-order valence-electron chi connectivity index (χ2n) is 7.90. The summed E-state index contributed by atoms with van der Waals surface area (Å²) in [6.07, 6.45) is 11.8. The number of nitrogens with zero attached hydrogens (tertiary/aromatic N) is 1. The van der Waals surface area contributed by atoms with Crippen LogP contribution in [0.1, 0.15) is 59.3 Å². The number of nitrogens with one attached hydrogen (secondary N) is 1. The molecule has 1 amide bonds. The maximum absolute atomic E-state index is 11.9. The van der Waals surface area contributed by atoms with E-state index in [1.807, 2.05) is 20.8 Å². The summed E-state index contributed by atoms with van der Waals surface area (Å²) in [6, 6.07) is 0.879. The molecule has 1 aliphatic heterocycles. The summed E-state index contributed by atoms with van der Waals surface area (Å²) < 4.78 is 11.0. The number of hydrogen-bond acceptors (Lipinski definition) is 4. The van der Waals surface area contributed by atoms with Crippen molar-refractivity contribution in [2.24, 2.45) is 0 Å². The van der Waals surface area contributed by atoms with Gasteiger partial charge in [-0.1, -0.05) is 5.92 Å². The zero-order valence-electron chi connectivity index (χ0n) is 15.3. The van der Waals surface area contributed by atoms with Crippen molar-refractivity contribution in [3.8, 4) is 12.3 Å². The van der Waals surface area contributed by atoms with Gasteiger partial charge in [-0.25, -0.2) is 4.79 Å². The van der Waals surface area contributed by atoms with E-state index in [0.29, 0.717) is 18.8 Å². The number of piperidine rings is 1. The molecule has 0 atom stereocenters. The molecule has 2 rings (SSSR count). The van der Waals surface area contributed by atoms with Gasteiger partial charge in [-0.2, -0.15) is 0 Å². The van der Waals surface area contributed by atoms with Gasteiger partial charge in [0.25, 0.3) is 0 Å². The van der Waals surface area contributed by atoms with E-state index in [9.17, 15) is 4.79 Å². The van der Waals surface area contributed by atoms with E-state index < -0.39 is 5.60 Å². The van der Waals surface area contributed by atoms with Crippen molar-refractivity contribution in [3.05, 3.63) is 0 Å². The quantitative estimate of drug-likeness (QED) is 0.802. The van der Waals surface area contributed by atoms with Crippen LogP contribution in [0.25, 0.3) is 0 Å². The van der Waals surface area contributed by atoms with Gasteiger partial charge >= 0.3 is 6.09 Å². The SMILES string of the molecule is C#CCOC1CCC(N2CCC(NC(=O)OC(C)(C)C)CC2)CC1. The van der Waals surface area contributed by atoms with Gasteiger partial charge in [-0.05, 0) is 59.3 Å². The molecule has 0 unspecified atom stereocenters. The number of alkyl carbamates (subject to hydrolysis) is 1. The maximum atomic E-state index is 11.9. The van der Waals surface area contributed by atoms with Crippen LogP contribution in [0.5, 0.6) is 0 Å². The normalized spacial score (nSPS) is 26.6. The summed E-state index contributed by atoms with van der Waals surface area (Å²) in [5, 5.41) is 3.00. The average molecular weight is 336 g/mol. The third-order valence-electron chi connectivity index (χ3n) is 4.81. The Kier molecular flexibility index (Phi) is 6.94. The Morgan fingerprint density at radius 3 is 2.33 bits per heavy atom. The number of likely N-dealkylation sites (tertiary alicyclic amines) is 1. The van der Waals surface area contributed by atoms with Gasteiger partial charge in [0.15, 0.2) is 0 Å². The molecule has 5 nitrogen and oxygen atoms in total. The van der Waals surface area contributed by atoms with Crippen LogP contribution in [-0.4, -0.2) is 54.5 Å². The second-order valence-corrected chi connectivity index (χ2v) is 7.90. The third-order valence-corrected chi connectivity index (χ3v) is 4.81. The van der Waals surface area contributed by atoms with Gasteiger partial charge in [0.2, 0.25) is 0 Å². The minimum Gasteiger partial charge on any atom is -0.444 e. The first-order valence-electron chi connectivity index (χ1n) is 9.16. The topological polar surface area (TPSA) is 50.8 Å². The lowest BCUT2D eigenvalue weighted by Crippen LogP contribution is -2.49. The van der Waals surface area contributed by atoms with Gasteiger partial charge in [-0.15, -0.1) is 6.42 Å². The fourth-order valence-electron chi connectivity index (χ4n) is 3.63. The van der Waals surface area contributed by atoms with Crippen molar-refractivity contribution in [1.29, 1.82) is 0 Å². The maximum Gasteiger partial charge on any atom is 0.407 e. The Morgan fingerprint density at radius 1 is 1.17 bits per heavy atom. The number of terminal acetylenes is 1. The molecule has 2 aliphatic rings. The highest BCUT2D eigenvalue weighted by Gasteiger charge is 2.30. The van der Waals surface area contributed by atoms with Gasteiger partial charge < -0.3 is 19.7 Å². The van der Waals surface area contributed by atoms with Crippen LogP contribution in [0, 0.1) is 12.3 Å². The van der Waals surface area contributed by atoms with Crippen LogP contribution in [0.2, 0.25) is 0 Å². The van der Waals surface area contributed by atoms with Gasteiger partial charge in [0.1, 0.15) is 12.2 Å². The highest BCUT2D eigenvalue weighted by molar-refractivity contribution is 5.68. The van der Waals surface area contributed by atoms with E-state index in [-0.39, 0.29) is 12.1 Å². The Hall–Kier alpha value is -1.25. The minimum absolute atomic E-state index is 0.228. The lowest BCUT2D eigenvalue weighted by Gasteiger charge is -2.40. The zero-order chi connectivity index (χ0) is 17.6.